The van der Waals surface area contributed by atoms with Gasteiger partial charge in [0, 0.05) is 6.61 Å². The van der Waals surface area contributed by atoms with Gasteiger partial charge < -0.3 is 30.6 Å². The van der Waals surface area contributed by atoms with Crippen LogP contribution in [0, 0.1) is 5.92 Å². The van der Waals surface area contributed by atoms with E-state index >= 15 is 0 Å². The Morgan fingerprint density at radius 1 is 0.950 bits per heavy atom. The first-order chi connectivity index (χ1) is 9.17. The number of carbonyl (C=O) groups is 2. The van der Waals surface area contributed by atoms with Crippen LogP contribution in [0.15, 0.2) is 0 Å². The number of aliphatic carboxylic acids is 2. The summed E-state index contributed by atoms with van der Waals surface area (Å²) in [5.74, 6) is -3.15. The lowest BCUT2D eigenvalue weighted by Crippen LogP contribution is -2.39. The van der Waals surface area contributed by atoms with Gasteiger partial charge in [0.2, 0.25) is 0 Å². The summed E-state index contributed by atoms with van der Waals surface area (Å²) >= 11 is 0. The van der Waals surface area contributed by atoms with Crippen LogP contribution >= 0.6 is 0 Å². The molecule has 0 aromatic heterocycles. The van der Waals surface area contributed by atoms with E-state index in [0.29, 0.717) is 5.92 Å². The molecule has 0 aromatic carbocycles. The van der Waals surface area contributed by atoms with Crippen molar-refractivity contribution in [2.24, 2.45) is 5.92 Å². The second kappa shape index (κ2) is 11.6. The van der Waals surface area contributed by atoms with E-state index in [2.05, 4.69) is 6.92 Å². The number of hydrogen-bond acceptors (Lipinski definition) is 6. The molecule has 0 amide bonds. The van der Waals surface area contributed by atoms with E-state index in [1.807, 2.05) is 0 Å². The molecule has 6 N–H and O–H groups in total. The third-order valence-electron chi connectivity index (χ3n) is 2.63. The summed E-state index contributed by atoms with van der Waals surface area (Å²) in [5.41, 5.74) is 0. The molecule has 0 heterocycles. The van der Waals surface area contributed by atoms with Crippen LogP contribution in [-0.4, -0.2) is 67.5 Å². The van der Waals surface area contributed by atoms with Gasteiger partial charge in [-0.3, -0.25) is 0 Å². The van der Waals surface area contributed by atoms with Gasteiger partial charge >= 0.3 is 11.9 Å². The topological polar surface area (TPSA) is 156 Å². The van der Waals surface area contributed by atoms with Gasteiger partial charge in [0.05, 0.1) is 6.10 Å². The zero-order valence-electron chi connectivity index (χ0n) is 11.6. The zero-order chi connectivity index (χ0) is 16.3. The Morgan fingerprint density at radius 3 is 1.55 bits per heavy atom. The van der Waals surface area contributed by atoms with Crippen LogP contribution in [0.3, 0.4) is 0 Å². The van der Waals surface area contributed by atoms with E-state index in [0.717, 1.165) is 19.3 Å². The van der Waals surface area contributed by atoms with Gasteiger partial charge in [0.15, 0.2) is 12.2 Å². The number of hydrogen-bond donors (Lipinski definition) is 6. The lowest BCUT2D eigenvalue weighted by atomic mass is 10.00. The van der Waals surface area contributed by atoms with Crippen molar-refractivity contribution in [3.8, 4) is 0 Å². The molecule has 0 aliphatic rings. The Kier molecular flexibility index (Phi) is 12.2. The maximum atomic E-state index is 9.77. The molecule has 0 saturated carbocycles. The van der Waals surface area contributed by atoms with Gasteiger partial charge in [-0.2, -0.15) is 0 Å². The molecule has 0 saturated heterocycles. The fourth-order valence-corrected chi connectivity index (χ4v) is 1.17. The van der Waals surface area contributed by atoms with Crippen LogP contribution in [-0.2, 0) is 9.59 Å². The van der Waals surface area contributed by atoms with Gasteiger partial charge in [-0.25, -0.2) is 9.59 Å². The number of carboxylic acid groups (broad SMARTS) is 2. The van der Waals surface area contributed by atoms with Crippen LogP contribution in [0.1, 0.15) is 33.1 Å². The standard InChI is InChI=1S/C8H18O2.C4H6O6/c1-3-8(6-9)5-4-7(2)10;5-1(3(7)8)2(6)4(9)10/h7-10H,3-6H2,1-2H3;1-2,5-6H,(H,7,8)(H,9,10). The quantitative estimate of drug-likeness (QED) is 0.334. The summed E-state index contributed by atoms with van der Waals surface area (Å²) in [7, 11) is 0. The van der Waals surface area contributed by atoms with Gasteiger partial charge in [0.25, 0.3) is 0 Å². The molecular formula is C12H24O8. The lowest BCUT2D eigenvalue weighted by Gasteiger charge is -2.11. The predicted molar refractivity (Wildman–Crippen MR) is 69.1 cm³/mol. The molecule has 4 unspecified atom stereocenters. The molecule has 8 nitrogen and oxygen atoms in total. The minimum atomic E-state index is -2.27. The maximum Gasteiger partial charge on any atom is 0.335 e. The van der Waals surface area contributed by atoms with Crippen molar-refractivity contribution in [1.29, 1.82) is 0 Å². The molecule has 120 valence electrons. The molecule has 0 fully saturated rings. The normalized spacial score (nSPS) is 16.3. The first-order valence-corrected chi connectivity index (χ1v) is 6.27. The van der Waals surface area contributed by atoms with E-state index < -0.39 is 24.1 Å². The number of aliphatic hydroxyl groups excluding tert-OH is 4. The summed E-state index contributed by atoms with van der Waals surface area (Å²) < 4.78 is 0. The van der Waals surface area contributed by atoms with Crippen molar-refractivity contribution in [1.82, 2.24) is 0 Å². The van der Waals surface area contributed by atoms with Gasteiger partial charge in [0.1, 0.15) is 0 Å². The summed E-state index contributed by atoms with van der Waals surface area (Å²) in [5, 5.41) is 50.2. The number of aliphatic hydroxyl groups is 4. The Hall–Kier alpha value is -1.22. The van der Waals surface area contributed by atoms with Crippen LogP contribution in [0.5, 0.6) is 0 Å². The molecule has 0 aromatic rings. The van der Waals surface area contributed by atoms with Crippen LogP contribution < -0.4 is 0 Å². The molecule has 0 aliphatic heterocycles. The molecule has 0 rings (SSSR count). The minimum absolute atomic E-state index is 0.222. The van der Waals surface area contributed by atoms with Gasteiger partial charge in [-0.05, 0) is 25.7 Å². The number of carboxylic acids is 2. The molecular weight excluding hydrogens is 272 g/mol. The molecule has 0 spiro atoms. The first-order valence-electron chi connectivity index (χ1n) is 6.27. The molecule has 20 heavy (non-hydrogen) atoms. The van der Waals surface area contributed by atoms with Crippen molar-refractivity contribution in [3.05, 3.63) is 0 Å². The van der Waals surface area contributed by atoms with E-state index in [-0.39, 0.29) is 12.7 Å². The lowest BCUT2D eigenvalue weighted by molar-refractivity contribution is -0.165. The van der Waals surface area contributed by atoms with Crippen LogP contribution in [0.4, 0.5) is 0 Å². The zero-order valence-corrected chi connectivity index (χ0v) is 11.6. The smallest absolute Gasteiger partial charge is 0.335 e. The van der Waals surface area contributed by atoms with Crippen molar-refractivity contribution in [3.63, 3.8) is 0 Å². The number of rotatable bonds is 8. The van der Waals surface area contributed by atoms with Gasteiger partial charge in [-0.15, -0.1) is 0 Å². The largest absolute Gasteiger partial charge is 0.479 e. The second-order valence-electron chi connectivity index (χ2n) is 4.45. The predicted octanol–water partition coefficient (Wildman–Crippen LogP) is -0.957. The highest BCUT2D eigenvalue weighted by Gasteiger charge is 2.29. The maximum absolute atomic E-state index is 9.77. The van der Waals surface area contributed by atoms with Crippen molar-refractivity contribution in [2.45, 2.75) is 51.4 Å². The molecule has 4 atom stereocenters. The third-order valence-corrected chi connectivity index (χ3v) is 2.63. The highest BCUT2D eigenvalue weighted by Crippen LogP contribution is 2.10. The van der Waals surface area contributed by atoms with E-state index in [9.17, 15) is 9.59 Å². The molecule has 0 aliphatic carbocycles. The molecule has 8 heteroatoms. The van der Waals surface area contributed by atoms with Crippen LogP contribution in [0.25, 0.3) is 0 Å². The van der Waals surface area contributed by atoms with Crippen molar-refractivity contribution >= 4 is 11.9 Å². The van der Waals surface area contributed by atoms with E-state index in [1.54, 1.807) is 6.92 Å². The summed E-state index contributed by atoms with van der Waals surface area (Å²) in [6.45, 7) is 4.09. The van der Waals surface area contributed by atoms with Crippen molar-refractivity contribution < 1.29 is 40.2 Å². The fraction of sp³-hybridized carbons (Fsp3) is 0.833. The molecule has 0 bridgehead atoms. The highest BCUT2D eigenvalue weighted by atomic mass is 16.4. The summed E-state index contributed by atoms with van der Waals surface area (Å²) in [4.78, 5) is 19.5. The Balaban J connectivity index is 0. The monoisotopic (exact) mass is 296 g/mol. The minimum Gasteiger partial charge on any atom is -0.479 e. The van der Waals surface area contributed by atoms with Crippen molar-refractivity contribution in [2.75, 3.05) is 6.61 Å². The molecule has 0 radical (unpaired) electrons. The van der Waals surface area contributed by atoms with Gasteiger partial charge in [-0.1, -0.05) is 13.3 Å². The summed E-state index contributed by atoms with van der Waals surface area (Å²) in [6.07, 6.45) is -2.01. The van der Waals surface area contributed by atoms with E-state index in [4.69, 9.17) is 30.6 Å². The van der Waals surface area contributed by atoms with E-state index in [1.165, 1.54) is 0 Å². The third kappa shape index (κ3) is 10.7. The Bertz CT molecular complexity index is 257. The average molecular weight is 296 g/mol. The average Bonchev–Trinajstić information content (AvgIpc) is 2.38. The Labute approximate surface area is 117 Å². The first kappa shape index (κ1) is 21.1. The Morgan fingerprint density at radius 2 is 1.35 bits per heavy atom. The summed E-state index contributed by atoms with van der Waals surface area (Å²) in [6, 6.07) is 0. The highest BCUT2D eigenvalue weighted by molar-refractivity contribution is 5.83. The fourth-order valence-electron chi connectivity index (χ4n) is 1.17. The second-order valence-corrected chi connectivity index (χ2v) is 4.45. The van der Waals surface area contributed by atoms with Crippen LogP contribution in [0.2, 0.25) is 0 Å². The SMILES string of the molecule is CCC(CO)CCC(C)O.O=C(O)C(O)C(O)C(=O)O.